The first-order chi connectivity index (χ1) is 19.8. The molecule has 4 aromatic rings. The predicted octanol–water partition coefficient (Wildman–Crippen LogP) is 7.21. The Bertz CT molecular complexity index is 1600. The molecule has 41 heavy (non-hydrogen) atoms. The van der Waals surface area contributed by atoms with Crippen LogP contribution in [0.25, 0.3) is 5.69 Å². The van der Waals surface area contributed by atoms with E-state index < -0.39 is 17.8 Å². The van der Waals surface area contributed by atoms with Crippen LogP contribution in [-0.2, 0) is 12.6 Å². The predicted molar refractivity (Wildman–Crippen MR) is 150 cm³/mol. The summed E-state index contributed by atoms with van der Waals surface area (Å²) in [6.07, 6.45) is 0.595. The first-order valence-electron chi connectivity index (χ1n) is 13.7. The van der Waals surface area contributed by atoms with Crippen molar-refractivity contribution in [1.82, 2.24) is 9.78 Å². The van der Waals surface area contributed by atoms with E-state index in [1.54, 1.807) is 6.07 Å². The zero-order valence-corrected chi connectivity index (χ0v) is 22.2. The molecule has 0 unspecified atom stereocenters. The van der Waals surface area contributed by atoms with Crippen molar-refractivity contribution in [3.63, 3.8) is 0 Å². The quantitative estimate of drug-likeness (QED) is 0.229. The molecule has 1 aromatic heterocycles. The van der Waals surface area contributed by atoms with Gasteiger partial charge in [-0.1, -0.05) is 42.5 Å². The van der Waals surface area contributed by atoms with Crippen molar-refractivity contribution in [2.24, 2.45) is 11.8 Å². The maximum Gasteiger partial charge on any atom is 0.435 e. The van der Waals surface area contributed by atoms with Crippen LogP contribution in [0.15, 0.2) is 78.9 Å². The Kier molecular flexibility index (Phi) is 7.00. The monoisotopic (exact) mass is 555 g/mol. The average molecular weight is 556 g/mol. The molecule has 6 nitrogen and oxygen atoms in total. The van der Waals surface area contributed by atoms with Crippen LogP contribution in [0.5, 0.6) is 0 Å². The molecule has 0 bridgehead atoms. The second kappa shape index (κ2) is 10.8. The maximum atomic E-state index is 13.7. The molecule has 0 aliphatic heterocycles. The standard InChI is InChI=1S/C32H28F3N5O/c33-32(34,35)29-18-28(40(39-29)24-9-4-8-21(16-24)19-36)31(41)38-27-11-5-10-26(25(27)17-20-6-2-1-3-7-20)37-30(22-12-13-22)23-14-15-23/h1-11,16,18,22-23,30,37H,12-15,17H2,(H,38,41). The van der Waals surface area contributed by atoms with Crippen LogP contribution in [0.2, 0.25) is 0 Å². The van der Waals surface area contributed by atoms with E-state index in [9.17, 15) is 23.2 Å². The Labute approximate surface area is 235 Å². The molecular weight excluding hydrogens is 527 g/mol. The molecule has 2 fully saturated rings. The third-order valence-corrected chi connectivity index (χ3v) is 7.68. The number of hydrogen-bond donors (Lipinski definition) is 2. The number of halogens is 3. The minimum absolute atomic E-state index is 0.182. The highest BCUT2D eigenvalue weighted by Gasteiger charge is 2.42. The highest BCUT2D eigenvalue weighted by Crippen LogP contribution is 2.46. The summed E-state index contributed by atoms with van der Waals surface area (Å²) in [4.78, 5) is 13.7. The molecule has 9 heteroatoms. The lowest BCUT2D eigenvalue weighted by Crippen LogP contribution is -2.25. The molecule has 0 atom stereocenters. The lowest BCUT2D eigenvalue weighted by atomic mass is 9.99. The van der Waals surface area contributed by atoms with Gasteiger partial charge in [-0.15, -0.1) is 0 Å². The van der Waals surface area contributed by atoms with E-state index in [0.29, 0.717) is 30.0 Å². The van der Waals surface area contributed by atoms with Crippen molar-refractivity contribution in [3.05, 3.63) is 107 Å². The van der Waals surface area contributed by atoms with E-state index in [4.69, 9.17) is 0 Å². The van der Waals surface area contributed by atoms with Crippen LogP contribution in [0.1, 0.15) is 58.6 Å². The minimum atomic E-state index is -4.75. The van der Waals surface area contributed by atoms with E-state index in [2.05, 4.69) is 15.7 Å². The molecule has 1 heterocycles. The maximum absolute atomic E-state index is 13.7. The molecule has 6 rings (SSSR count). The zero-order chi connectivity index (χ0) is 28.6. The number of nitriles is 1. The summed E-state index contributed by atoms with van der Waals surface area (Å²) < 4.78 is 42.0. The largest absolute Gasteiger partial charge is 0.435 e. The van der Waals surface area contributed by atoms with Crippen LogP contribution in [0.4, 0.5) is 24.5 Å². The third-order valence-electron chi connectivity index (χ3n) is 7.68. The lowest BCUT2D eigenvalue weighted by molar-refractivity contribution is -0.141. The van der Waals surface area contributed by atoms with Crippen LogP contribution in [-0.4, -0.2) is 21.7 Å². The molecule has 2 saturated carbocycles. The number of aromatic nitrogens is 2. The van der Waals surface area contributed by atoms with E-state index in [-0.39, 0.29) is 16.9 Å². The molecular formula is C32H28F3N5O. The first kappa shape index (κ1) is 26.6. The second-order valence-electron chi connectivity index (χ2n) is 10.8. The molecule has 0 spiro atoms. The fourth-order valence-corrected chi connectivity index (χ4v) is 5.31. The van der Waals surface area contributed by atoms with Crippen molar-refractivity contribution in [2.45, 2.75) is 44.3 Å². The Morgan fingerprint density at radius 3 is 2.29 bits per heavy atom. The van der Waals surface area contributed by atoms with Gasteiger partial charge in [0.25, 0.3) is 5.91 Å². The van der Waals surface area contributed by atoms with E-state index in [0.717, 1.165) is 27.6 Å². The molecule has 2 aliphatic carbocycles. The summed E-state index contributed by atoms with van der Waals surface area (Å²) >= 11 is 0. The summed E-state index contributed by atoms with van der Waals surface area (Å²) in [7, 11) is 0. The van der Waals surface area contributed by atoms with Gasteiger partial charge in [-0.3, -0.25) is 4.79 Å². The number of amides is 1. The summed E-state index contributed by atoms with van der Waals surface area (Å²) in [6, 6.07) is 24.5. The fourth-order valence-electron chi connectivity index (χ4n) is 5.31. The number of carbonyl (C=O) groups excluding carboxylic acids is 1. The summed E-state index contributed by atoms with van der Waals surface area (Å²) in [5.41, 5.74) is 2.29. The highest BCUT2D eigenvalue weighted by atomic mass is 19.4. The van der Waals surface area contributed by atoms with Crippen molar-refractivity contribution in [2.75, 3.05) is 10.6 Å². The van der Waals surface area contributed by atoms with Gasteiger partial charge in [0.05, 0.1) is 17.3 Å². The van der Waals surface area contributed by atoms with Crippen LogP contribution >= 0.6 is 0 Å². The van der Waals surface area contributed by atoms with E-state index in [1.165, 1.54) is 49.9 Å². The van der Waals surface area contributed by atoms with E-state index in [1.807, 2.05) is 48.5 Å². The molecule has 2 aliphatic rings. The Morgan fingerprint density at radius 1 is 0.951 bits per heavy atom. The van der Waals surface area contributed by atoms with Crippen LogP contribution < -0.4 is 10.6 Å². The van der Waals surface area contributed by atoms with Gasteiger partial charge in [0.2, 0.25) is 0 Å². The Morgan fingerprint density at radius 2 is 1.63 bits per heavy atom. The normalized spacial score (nSPS) is 15.0. The number of hydrogen-bond acceptors (Lipinski definition) is 4. The number of benzene rings is 3. The van der Waals surface area contributed by atoms with Crippen molar-refractivity contribution in [3.8, 4) is 11.8 Å². The highest BCUT2D eigenvalue weighted by molar-refractivity contribution is 6.04. The molecule has 3 aromatic carbocycles. The number of nitrogens with one attached hydrogen (secondary N) is 2. The fraction of sp³-hybridized carbons (Fsp3) is 0.281. The molecule has 208 valence electrons. The van der Waals surface area contributed by atoms with Gasteiger partial charge in [-0.25, -0.2) is 4.68 Å². The Hall–Kier alpha value is -4.58. The number of alkyl halides is 3. The summed E-state index contributed by atoms with van der Waals surface area (Å²) in [5, 5.41) is 19.6. The summed E-state index contributed by atoms with van der Waals surface area (Å²) in [6.45, 7) is 0. The first-order valence-corrected chi connectivity index (χ1v) is 13.7. The van der Waals surface area contributed by atoms with Gasteiger partial charge in [-0.05, 0) is 73.4 Å². The number of rotatable bonds is 9. The Balaban J connectivity index is 1.37. The van der Waals surface area contributed by atoms with Gasteiger partial charge >= 0.3 is 6.18 Å². The SMILES string of the molecule is N#Cc1cccc(-n2nc(C(F)(F)F)cc2C(=O)Nc2cccc(NC(C3CC3)C3CC3)c2Cc2ccccc2)c1. The number of nitrogens with zero attached hydrogens (tertiary/aromatic N) is 3. The van der Waals surface area contributed by atoms with Crippen LogP contribution in [0.3, 0.4) is 0 Å². The zero-order valence-electron chi connectivity index (χ0n) is 22.2. The van der Waals surface area contributed by atoms with Crippen molar-refractivity contribution < 1.29 is 18.0 Å². The smallest absolute Gasteiger partial charge is 0.381 e. The number of carbonyl (C=O) groups is 1. The van der Waals surface area contributed by atoms with Gasteiger partial charge in [0.15, 0.2) is 5.69 Å². The van der Waals surface area contributed by atoms with Crippen LogP contribution in [0, 0.1) is 23.2 Å². The lowest BCUT2D eigenvalue weighted by Gasteiger charge is -2.23. The van der Waals surface area contributed by atoms with Gasteiger partial charge in [-0.2, -0.15) is 23.5 Å². The average Bonchev–Trinajstić information content (AvgIpc) is 3.91. The minimum Gasteiger partial charge on any atom is -0.381 e. The third kappa shape index (κ3) is 5.97. The number of anilines is 2. The van der Waals surface area contributed by atoms with Gasteiger partial charge in [0, 0.05) is 35.5 Å². The van der Waals surface area contributed by atoms with Crippen molar-refractivity contribution >= 4 is 17.3 Å². The molecule has 0 radical (unpaired) electrons. The molecule has 1 amide bonds. The molecule has 2 N–H and O–H groups in total. The van der Waals surface area contributed by atoms with Gasteiger partial charge in [0.1, 0.15) is 5.69 Å². The van der Waals surface area contributed by atoms with Crippen molar-refractivity contribution in [1.29, 1.82) is 5.26 Å². The summed E-state index contributed by atoms with van der Waals surface area (Å²) in [5.74, 6) is 0.553. The topological polar surface area (TPSA) is 82.7 Å². The molecule has 0 saturated heterocycles. The second-order valence-corrected chi connectivity index (χ2v) is 10.8. The van der Waals surface area contributed by atoms with Gasteiger partial charge < -0.3 is 10.6 Å². The van der Waals surface area contributed by atoms with E-state index >= 15 is 0 Å².